The number of rotatable bonds is 5. The van der Waals surface area contributed by atoms with E-state index in [4.69, 9.17) is 0 Å². The molecule has 0 aliphatic rings. The third kappa shape index (κ3) is 5.22. The molecule has 0 unspecified atom stereocenters. The monoisotopic (exact) mass is 708 g/mol. The number of hydrogen-bond acceptors (Lipinski definition) is 0. The molecule has 0 saturated heterocycles. The molecule has 0 fully saturated rings. The molecular formula is C56H36. The first-order chi connectivity index (χ1) is 27.8. The highest BCUT2D eigenvalue weighted by Crippen LogP contribution is 2.46. The van der Waals surface area contributed by atoms with Gasteiger partial charge in [0.25, 0.3) is 0 Å². The van der Waals surface area contributed by atoms with Crippen molar-refractivity contribution < 1.29 is 0 Å². The van der Waals surface area contributed by atoms with Crippen molar-refractivity contribution in [2.24, 2.45) is 0 Å². The Balaban J connectivity index is 0.999. The zero-order chi connectivity index (χ0) is 37.0. The first-order valence-electron chi connectivity index (χ1n) is 19.4. The van der Waals surface area contributed by atoms with Crippen LogP contribution in [0.3, 0.4) is 0 Å². The van der Waals surface area contributed by atoms with Crippen LogP contribution in [0.25, 0.3) is 109 Å². The molecule has 0 aliphatic carbocycles. The molecule has 0 amide bonds. The molecule has 0 heteroatoms. The van der Waals surface area contributed by atoms with Crippen LogP contribution in [0.4, 0.5) is 0 Å². The second-order valence-corrected chi connectivity index (χ2v) is 14.8. The minimum atomic E-state index is 1.21. The standard InChI is InChI=1S/C56H36/c1-3-15-38(16-4-1)53-45-19-7-9-21-47(45)55(48-22-10-8-20-46(48)53)40-29-27-37(28-30-40)41-31-32-43-36-44(34-33-42(43)35-41)56-51-25-13-11-23-49(51)54(39-17-5-2-6-18-39)50-24-12-14-26-52(50)56/h1-36H. The Kier molecular flexibility index (Phi) is 7.60. The van der Waals surface area contributed by atoms with Crippen molar-refractivity contribution in [1.29, 1.82) is 0 Å². The van der Waals surface area contributed by atoms with Crippen LogP contribution in [0.2, 0.25) is 0 Å². The lowest BCUT2D eigenvalue weighted by Crippen LogP contribution is -1.91. The lowest BCUT2D eigenvalue weighted by Gasteiger charge is -2.18. The molecular weight excluding hydrogens is 673 g/mol. The van der Waals surface area contributed by atoms with Gasteiger partial charge >= 0.3 is 0 Å². The number of hydrogen-bond donors (Lipinski definition) is 0. The average Bonchev–Trinajstić information content (AvgIpc) is 3.27. The van der Waals surface area contributed by atoms with Crippen LogP contribution in [0.5, 0.6) is 0 Å². The minimum Gasteiger partial charge on any atom is -0.0622 e. The molecule has 11 aromatic carbocycles. The van der Waals surface area contributed by atoms with Crippen LogP contribution in [-0.4, -0.2) is 0 Å². The number of fused-ring (bicyclic) bond motifs is 5. The SMILES string of the molecule is c1ccc(-c2c3ccccc3c(-c3ccc(-c4ccc5cc(-c6c7ccccc7c(-c7ccccc7)c7ccccc67)ccc5c4)cc3)c3ccccc23)cc1. The Morgan fingerprint density at radius 1 is 0.161 bits per heavy atom. The predicted molar refractivity (Wildman–Crippen MR) is 241 cm³/mol. The third-order valence-corrected chi connectivity index (χ3v) is 11.6. The fourth-order valence-corrected chi connectivity index (χ4v) is 9.12. The van der Waals surface area contributed by atoms with E-state index in [1.54, 1.807) is 0 Å². The van der Waals surface area contributed by atoms with Gasteiger partial charge in [0, 0.05) is 0 Å². The molecule has 11 rings (SSSR count). The highest BCUT2D eigenvalue weighted by atomic mass is 14.2. The first-order valence-corrected chi connectivity index (χ1v) is 19.4. The van der Waals surface area contributed by atoms with E-state index in [0.29, 0.717) is 0 Å². The summed E-state index contributed by atoms with van der Waals surface area (Å²) in [6, 6.07) is 80.1. The van der Waals surface area contributed by atoms with Gasteiger partial charge in [-0.3, -0.25) is 0 Å². The lowest BCUT2D eigenvalue weighted by molar-refractivity contribution is 1.62. The second kappa shape index (κ2) is 13.2. The van der Waals surface area contributed by atoms with Crippen molar-refractivity contribution in [2.75, 3.05) is 0 Å². The van der Waals surface area contributed by atoms with E-state index >= 15 is 0 Å². The van der Waals surface area contributed by atoms with E-state index in [1.807, 2.05) is 0 Å². The highest BCUT2D eigenvalue weighted by Gasteiger charge is 2.18. The molecule has 0 saturated carbocycles. The zero-order valence-corrected chi connectivity index (χ0v) is 30.8. The van der Waals surface area contributed by atoms with Crippen molar-refractivity contribution in [3.63, 3.8) is 0 Å². The van der Waals surface area contributed by atoms with E-state index in [-0.39, 0.29) is 0 Å². The summed E-state index contributed by atoms with van der Waals surface area (Å²) in [7, 11) is 0. The van der Waals surface area contributed by atoms with Gasteiger partial charge in [-0.05, 0) is 122 Å². The van der Waals surface area contributed by atoms with Gasteiger partial charge in [-0.15, -0.1) is 0 Å². The van der Waals surface area contributed by atoms with E-state index in [0.717, 1.165) is 0 Å². The molecule has 0 bridgehead atoms. The van der Waals surface area contributed by atoms with Gasteiger partial charge < -0.3 is 0 Å². The summed E-state index contributed by atoms with van der Waals surface area (Å²) < 4.78 is 0. The van der Waals surface area contributed by atoms with Gasteiger partial charge in [-0.1, -0.05) is 206 Å². The lowest BCUT2D eigenvalue weighted by atomic mass is 9.85. The highest BCUT2D eigenvalue weighted by molar-refractivity contribution is 6.23. The fraction of sp³-hybridized carbons (Fsp3) is 0. The van der Waals surface area contributed by atoms with Gasteiger partial charge in [0.05, 0.1) is 0 Å². The van der Waals surface area contributed by atoms with Gasteiger partial charge in [-0.2, -0.15) is 0 Å². The molecule has 0 aliphatic heterocycles. The smallest absolute Gasteiger partial charge is 0.00262 e. The topological polar surface area (TPSA) is 0 Å². The quantitative estimate of drug-likeness (QED) is 0.156. The van der Waals surface area contributed by atoms with E-state index in [1.165, 1.54) is 109 Å². The molecule has 0 atom stereocenters. The van der Waals surface area contributed by atoms with Gasteiger partial charge in [0.15, 0.2) is 0 Å². The van der Waals surface area contributed by atoms with Crippen molar-refractivity contribution in [3.05, 3.63) is 218 Å². The minimum absolute atomic E-state index is 1.21. The summed E-state index contributed by atoms with van der Waals surface area (Å²) in [6.07, 6.45) is 0. The third-order valence-electron chi connectivity index (χ3n) is 11.6. The summed E-state index contributed by atoms with van der Waals surface area (Å²) in [4.78, 5) is 0. The molecule has 0 N–H and O–H groups in total. The maximum absolute atomic E-state index is 2.37. The maximum Gasteiger partial charge on any atom is -0.00262 e. The summed E-state index contributed by atoms with van der Waals surface area (Å²) in [5.74, 6) is 0. The summed E-state index contributed by atoms with van der Waals surface area (Å²) in [6.45, 7) is 0. The van der Waals surface area contributed by atoms with Gasteiger partial charge in [0.1, 0.15) is 0 Å². The molecule has 0 radical (unpaired) electrons. The fourth-order valence-electron chi connectivity index (χ4n) is 9.12. The van der Waals surface area contributed by atoms with Gasteiger partial charge in [-0.25, -0.2) is 0 Å². The van der Waals surface area contributed by atoms with Crippen molar-refractivity contribution >= 4 is 53.9 Å². The van der Waals surface area contributed by atoms with Crippen LogP contribution in [0, 0.1) is 0 Å². The molecule has 11 aromatic rings. The second-order valence-electron chi connectivity index (χ2n) is 14.8. The Labute approximate surface area is 326 Å². The molecule has 260 valence electrons. The van der Waals surface area contributed by atoms with Crippen LogP contribution < -0.4 is 0 Å². The summed E-state index contributed by atoms with van der Waals surface area (Å²) >= 11 is 0. The Hall–Kier alpha value is -7.28. The summed E-state index contributed by atoms with van der Waals surface area (Å²) in [5.41, 5.74) is 12.5. The Morgan fingerprint density at radius 2 is 0.411 bits per heavy atom. The molecule has 0 aromatic heterocycles. The van der Waals surface area contributed by atoms with Crippen molar-refractivity contribution in [2.45, 2.75) is 0 Å². The maximum atomic E-state index is 2.37. The van der Waals surface area contributed by atoms with Crippen molar-refractivity contribution in [3.8, 4) is 55.6 Å². The number of benzene rings is 11. The van der Waals surface area contributed by atoms with E-state index < -0.39 is 0 Å². The molecule has 0 spiro atoms. The normalized spacial score (nSPS) is 11.6. The Bertz CT molecular complexity index is 3150. The van der Waals surface area contributed by atoms with Crippen molar-refractivity contribution in [1.82, 2.24) is 0 Å². The first kappa shape index (κ1) is 32.2. The van der Waals surface area contributed by atoms with Crippen LogP contribution in [0.1, 0.15) is 0 Å². The van der Waals surface area contributed by atoms with Crippen LogP contribution in [0.15, 0.2) is 218 Å². The molecule has 0 heterocycles. The average molecular weight is 709 g/mol. The van der Waals surface area contributed by atoms with E-state index in [2.05, 4.69) is 218 Å². The zero-order valence-electron chi connectivity index (χ0n) is 30.8. The largest absolute Gasteiger partial charge is 0.0622 e. The summed E-state index contributed by atoms with van der Waals surface area (Å²) in [5, 5.41) is 12.7. The predicted octanol–water partition coefficient (Wildman–Crippen LogP) is 15.8. The Morgan fingerprint density at radius 3 is 0.786 bits per heavy atom. The van der Waals surface area contributed by atoms with E-state index in [9.17, 15) is 0 Å². The van der Waals surface area contributed by atoms with Crippen LogP contribution >= 0.6 is 0 Å². The molecule has 56 heavy (non-hydrogen) atoms. The van der Waals surface area contributed by atoms with Crippen LogP contribution in [-0.2, 0) is 0 Å². The molecule has 0 nitrogen and oxygen atoms in total. The van der Waals surface area contributed by atoms with Gasteiger partial charge in [0.2, 0.25) is 0 Å².